The van der Waals surface area contributed by atoms with E-state index in [-0.39, 0.29) is 27.2 Å². The predicted molar refractivity (Wildman–Crippen MR) is 78.4 cm³/mol. The quantitative estimate of drug-likeness (QED) is 0.144. The van der Waals surface area contributed by atoms with E-state index in [1.807, 2.05) is 0 Å². The van der Waals surface area contributed by atoms with Gasteiger partial charge in [-0.3, -0.25) is 4.79 Å². The summed E-state index contributed by atoms with van der Waals surface area (Å²) in [5.41, 5.74) is -0.575. The summed E-state index contributed by atoms with van der Waals surface area (Å²) in [5.74, 6) is -4.09. The van der Waals surface area contributed by atoms with Gasteiger partial charge in [-0.2, -0.15) is 0 Å². The summed E-state index contributed by atoms with van der Waals surface area (Å²) in [6.45, 7) is 3.39. The maximum absolute atomic E-state index is 13.4. The Bertz CT molecular complexity index is 615. The summed E-state index contributed by atoms with van der Waals surface area (Å²) in [6.07, 6.45) is 1.74. The molecule has 7 heteroatoms. The fraction of sp³-hybridized carbons (Fsp3) is 0.286. The third-order valence-corrected chi connectivity index (χ3v) is 3.86. The van der Waals surface area contributed by atoms with Crippen LogP contribution in [0.15, 0.2) is 22.2 Å². The number of benzene rings is 1. The Morgan fingerprint density at radius 1 is 1.38 bits per heavy atom. The van der Waals surface area contributed by atoms with E-state index in [1.54, 1.807) is 13.8 Å². The minimum Gasteiger partial charge on any atom is -0.462 e. The van der Waals surface area contributed by atoms with Gasteiger partial charge in [-0.05, 0) is 35.3 Å². The molecule has 0 N–H and O–H groups in total. The summed E-state index contributed by atoms with van der Waals surface area (Å²) >= 11 is 8.61. The summed E-state index contributed by atoms with van der Waals surface area (Å²) in [7, 11) is 0. The van der Waals surface area contributed by atoms with Crippen LogP contribution in [-0.2, 0) is 9.53 Å². The molecule has 1 aromatic rings. The van der Waals surface area contributed by atoms with E-state index >= 15 is 0 Å². The molecular weight excluding hydrogens is 370 g/mol. The molecule has 0 radical (unpaired) electrons. The lowest BCUT2D eigenvalue weighted by atomic mass is 10.0. The first-order valence-corrected chi connectivity index (χ1v) is 7.27. The van der Waals surface area contributed by atoms with Crippen LogP contribution in [0.25, 0.3) is 0 Å². The van der Waals surface area contributed by atoms with Crippen LogP contribution < -0.4 is 0 Å². The highest BCUT2D eigenvalue weighted by Gasteiger charge is 2.26. The van der Waals surface area contributed by atoms with Gasteiger partial charge in [-0.1, -0.05) is 24.6 Å². The lowest BCUT2D eigenvalue weighted by molar-refractivity contribution is -0.138. The second kappa shape index (κ2) is 7.66. The van der Waals surface area contributed by atoms with Gasteiger partial charge in [-0.25, -0.2) is 13.6 Å². The van der Waals surface area contributed by atoms with E-state index in [0.717, 1.165) is 0 Å². The van der Waals surface area contributed by atoms with Crippen LogP contribution in [0, 0.1) is 11.6 Å². The average molecular weight is 382 g/mol. The molecule has 114 valence electrons. The zero-order valence-corrected chi connectivity index (χ0v) is 13.6. The minimum absolute atomic E-state index is 0.0857. The smallest absolute Gasteiger partial charge is 0.341 e. The molecule has 0 saturated heterocycles. The third-order valence-electron chi connectivity index (χ3n) is 2.50. The van der Waals surface area contributed by atoms with Gasteiger partial charge >= 0.3 is 5.97 Å². The largest absolute Gasteiger partial charge is 0.462 e. The standard InChI is InChI=1S/C14H12BrClF2O3/c1-3-5-7(14(20)21-4-2)13(19)8-6-9(17)12(18)10(15)11(8)16/h5-6H,3-4H2,1-2H3. The van der Waals surface area contributed by atoms with Gasteiger partial charge in [0, 0.05) is 5.56 Å². The fourth-order valence-corrected chi connectivity index (χ4v) is 2.19. The van der Waals surface area contributed by atoms with E-state index in [4.69, 9.17) is 16.3 Å². The Morgan fingerprint density at radius 2 is 2.00 bits per heavy atom. The number of hydrogen-bond donors (Lipinski definition) is 0. The van der Waals surface area contributed by atoms with Crippen LogP contribution in [0.2, 0.25) is 5.02 Å². The van der Waals surface area contributed by atoms with Crippen molar-refractivity contribution in [3.05, 3.63) is 44.4 Å². The molecule has 0 aromatic heterocycles. The zero-order valence-electron chi connectivity index (χ0n) is 11.3. The monoisotopic (exact) mass is 380 g/mol. The fourth-order valence-electron chi connectivity index (χ4n) is 1.56. The molecule has 0 heterocycles. The van der Waals surface area contributed by atoms with Crippen molar-refractivity contribution < 1.29 is 23.1 Å². The molecule has 0 amide bonds. The van der Waals surface area contributed by atoms with E-state index in [9.17, 15) is 18.4 Å². The number of hydrogen-bond acceptors (Lipinski definition) is 3. The Hall–Kier alpha value is -1.27. The van der Waals surface area contributed by atoms with Crippen LogP contribution in [0.3, 0.4) is 0 Å². The molecule has 0 atom stereocenters. The Labute approximate surface area is 134 Å². The second-order valence-corrected chi connectivity index (χ2v) is 5.09. The average Bonchev–Trinajstić information content (AvgIpc) is 2.45. The summed E-state index contributed by atoms with van der Waals surface area (Å²) in [5, 5.41) is -0.301. The SMILES string of the molecule is CCC=C(C(=O)OCC)C(=O)c1cc(F)c(F)c(Br)c1Cl. The number of carbonyl (C=O) groups excluding carboxylic acids is 2. The highest BCUT2D eigenvalue weighted by atomic mass is 79.9. The topological polar surface area (TPSA) is 43.4 Å². The molecule has 0 unspecified atom stereocenters. The molecule has 21 heavy (non-hydrogen) atoms. The lowest BCUT2D eigenvalue weighted by Crippen LogP contribution is -2.17. The van der Waals surface area contributed by atoms with Crippen molar-refractivity contribution in [1.29, 1.82) is 0 Å². The van der Waals surface area contributed by atoms with Crippen molar-refractivity contribution in [2.45, 2.75) is 20.3 Å². The third kappa shape index (κ3) is 3.89. The van der Waals surface area contributed by atoms with E-state index in [0.29, 0.717) is 12.5 Å². The first kappa shape index (κ1) is 17.8. The van der Waals surface area contributed by atoms with Crippen LogP contribution >= 0.6 is 27.5 Å². The van der Waals surface area contributed by atoms with Gasteiger partial charge in [0.25, 0.3) is 0 Å². The molecule has 0 saturated carbocycles. The molecule has 0 aliphatic carbocycles. The van der Waals surface area contributed by atoms with Crippen molar-refractivity contribution in [2.75, 3.05) is 6.61 Å². The van der Waals surface area contributed by atoms with Gasteiger partial charge in [0.15, 0.2) is 11.6 Å². The maximum atomic E-state index is 13.4. The molecule has 0 bridgehead atoms. The van der Waals surface area contributed by atoms with Crippen molar-refractivity contribution in [1.82, 2.24) is 0 Å². The number of halogens is 4. The summed E-state index contributed by atoms with van der Waals surface area (Å²) in [6, 6.07) is 0.660. The second-order valence-electron chi connectivity index (χ2n) is 3.92. The highest BCUT2D eigenvalue weighted by molar-refractivity contribution is 9.10. The van der Waals surface area contributed by atoms with Crippen molar-refractivity contribution in [2.24, 2.45) is 0 Å². The van der Waals surface area contributed by atoms with E-state index < -0.39 is 23.4 Å². The number of allylic oxidation sites excluding steroid dienone is 1. The Balaban J connectivity index is 3.35. The minimum atomic E-state index is -1.24. The molecule has 0 fully saturated rings. The van der Waals surface area contributed by atoms with Gasteiger partial charge in [-0.15, -0.1) is 0 Å². The molecular formula is C14H12BrClF2O3. The van der Waals surface area contributed by atoms with E-state index in [2.05, 4.69) is 15.9 Å². The van der Waals surface area contributed by atoms with Gasteiger partial charge in [0.2, 0.25) is 5.78 Å². The molecule has 3 nitrogen and oxygen atoms in total. The van der Waals surface area contributed by atoms with E-state index in [1.165, 1.54) is 6.08 Å². The first-order chi connectivity index (χ1) is 9.84. The van der Waals surface area contributed by atoms with Gasteiger partial charge in [0.1, 0.15) is 5.57 Å². The van der Waals surface area contributed by atoms with Crippen molar-refractivity contribution >= 4 is 39.3 Å². The number of rotatable bonds is 5. The van der Waals surface area contributed by atoms with Gasteiger partial charge in [0.05, 0.1) is 16.1 Å². The number of ether oxygens (including phenoxy) is 1. The van der Waals surface area contributed by atoms with Crippen LogP contribution in [-0.4, -0.2) is 18.4 Å². The number of ketones is 1. The lowest BCUT2D eigenvalue weighted by Gasteiger charge is -2.09. The van der Waals surface area contributed by atoms with Crippen molar-refractivity contribution in [3.63, 3.8) is 0 Å². The maximum Gasteiger partial charge on any atom is 0.341 e. The van der Waals surface area contributed by atoms with Crippen LogP contribution in [0.4, 0.5) is 8.78 Å². The highest BCUT2D eigenvalue weighted by Crippen LogP contribution is 2.32. The predicted octanol–water partition coefficient (Wildman–Crippen LogP) is 4.46. The van der Waals surface area contributed by atoms with Crippen LogP contribution in [0.5, 0.6) is 0 Å². The van der Waals surface area contributed by atoms with Crippen molar-refractivity contribution in [3.8, 4) is 0 Å². The molecule has 0 spiro atoms. The van der Waals surface area contributed by atoms with Crippen LogP contribution in [0.1, 0.15) is 30.6 Å². The number of Topliss-reactive ketones (excluding diaryl/α,β-unsaturated/α-hetero) is 1. The van der Waals surface area contributed by atoms with Gasteiger partial charge < -0.3 is 4.74 Å². The number of carbonyl (C=O) groups is 2. The Kier molecular flexibility index (Phi) is 6.48. The zero-order chi connectivity index (χ0) is 16.2. The first-order valence-electron chi connectivity index (χ1n) is 6.10. The molecule has 1 rings (SSSR count). The molecule has 0 aliphatic rings. The summed E-state index contributed by atoms with van der Waals surface area (Å²) < 4.78 is 31.2. The molecule has 1 aromatic carbocycles. The molecule has 0 aliphatic heterocycles. The normalized spacial score (nSPS) is 11.4. The number of esters is 1. The summed E-state index contributed by atoms with van der Waals surface area (Å²) in [4.78, 5) is 24.1. The Morgan fingerprint density at radius 3 is 2.52 bits per heavy atom.